The largest absolute Gasteiger partial charge is 0.349 e. The van der Waals surface area contributed by atoms with Gasteiger partial charge in [0.05, 0.1) is 12.5 Å². The molecule has 0 aliphatic heterocycles. The lowest BCUT2D eigenvalue weighted by molar-refractivity contribution is -0.121. The second kappa shape index (κ2) is 7.12. The van der Waals surface area contributed by atoms with E-state index in [0.29, 0.717) is 0 Å². The maximum absolute atomic E-state index is 13.5. The second-order valence-electron chi connectivity index (χ2n) is 5.19. The Labute approximate surface area is 137 Å². The summed E-state index contributed by atoms with van der Waals surface area (Å²) in [6.45, 7) is 1.36. The highest BCUT2D eigenvalue weighted by molar-refractivity contribution is 5.79. The van der Waals surface area contributed by atoms with Crippen LogP contribution < -0.4 is 5.32 Å². The van der Waals surface area contributed by atoms with E-state index in [1.54, 1.807) is 0 Å². The van der Waals surface area contributed by atoms with Gasteiger partial charge in [-0.1, -0.05) is 6.07 Å². The molecule has 0 spiro atoms. The molecule has 2 aromatic rings. The molecule has 0 heterocycles. The third-order valence-electron chi connectivity index (χ3n) is 3.46. The summed E-state index contributed by atoms with van der Waals surface area (Å²) in [5, 5.41) is 2.20. The highest BCUT2D eigenvalue weighted by atomic mass is 19.2. The summed E-state index contributed by atoms with van der Waals surface area (Å²) in [6.07, 6.45) is -1.13. The molecule has 0 fully saturated rings. The quantitative estimate of drug-likeness (QED) is 0.494. The molecule has 1 unspecified atom stereocenters. The number of halogens is 7. The third-order valence-corrected chi connectivity index (χ3v) is 3.46. The molecule has 1 N–H and O–H groups in total. The van der Waals surface area contributed by atoms with Gasteiger partial charge in [-0.2, -0.15) is 0 Å². The van der Waals surface area contributed by atoms with Crippen LogP contribution in [-0.4, -0.2) is 5.91 Å². The van der Waals surface area contributed by atoms with Crippen LogP contribution in [0.1, 0.15) is 24.1 Å². The minimum atomic E-state index is -2.32. The van der Waals surface area contributed by atoms with Crippen molar-refractivity contribution in [1.29, 1.82) is 0 Å². The first-order chi connectivity index (χ1) is 11.6. The molecule has 0 saturated carbocycles. The van der Waals surface area contributed by atoms with Gasteiger partial charge in [0.25, 0.3) is 0 Å². The molecule has 0 aromatic heterocycles. The summed E-state index contributed by atoms with van der Waals surface area (Å²) in [7, 11) is 0. The van der Waals surface area contributed by atoms with E-state index >= 15 is 0 Å². The van der Waals surface area contributed by atoms with Crippen LogP contribution in [-0.2, 0) is 11.2 Å². The molecular formula is C16H10F7NO. The first kappa shape index (κ1) is 18.8. The number of hydrogen-bond acceptors (Lipinski definition) is 1. The van der Waals surface area contributed by atoms with E-state index in [0.717, 1.165) is 12.1 Å². The summed E-state index contributed by atoms with van der Waals surface area (Å²) in [6, 6.07) is 1.89. The van der Waals surface area contributed by atoms with Gasteiger partial charge >= 0.3 is 0 Å². The zero-order valence-electron chi connectivity index (χ0n) is 12.6. The molecule has 0 aliphatic rings. The molecule has 0 bridgehead atoms. The summed E-state index contributed by atoms with van der Waals surface area (Å²) in [5.41, 5.74) is -1.14. The summed E-state index contributed by atoms with van der Waals surface area (Å²) in [4.78, 5) is 11.8. The lowest BCUT2D eigenvalue weighted by Crippen LogP contribution is -2.29. The molecular weight excluding hydrogens is 355 g/mol. The predicted octanol–water partition coefficient (Wildman–Crippen LogP) is 4.08. The minimum absolute atomic E-state index is 0.143. The third kappa shape index (κ3) is 3.75. The van der Waals surface area contributed by atoms with Gasteiger partial charge in [0.1, 0.15) is 0 Å². The van der Waals surface area contributed by atoms with Gasteiger partial charge in [0.2, 0.25) is 11.7 Å². The van der Waals surface area contributed by atoms with Crippen molar-refractivity contribution in [2.24, 2.45) is 0 Å². The molecule has 2 aromatic carbocycles. The first-order valence-electron chi connectivity index (χ1n) is 6.88. The van der Waals surface area contributed by atoms with E-state index in [4.69, 9.17) is 0 Å². The molecule has 2 nitrogen and oxygen atoms in total. The van der Waals surface area contributed by atoms with E-state index in [2.05, 4.69) is 5.32 Å². The standard InChI is InChI=1S/C16H10F7NO/c1-6(7-2-3-9(17)10(18)4-7)24-11(25)5-8-12(19)14(21)16(23)15(22)13(8)20/h2-4,6H,5H2,1H3,(H,24,25). The van der Waals surface area contributed by atoms with Crippen molar-refractivity contribution in [2.75, 3.05) is 0 Å². The van der Waals surface area contributed by atoms with E-state index in [9.17, 15) is 35.5 Å². The van der Waals surface area contributed by atoms with Crippen molar-refractivity contribution < 1.29 is 35.5 Å². The van der Waals surface area contributed by atoms with E-state index in [1.165, 1.54) is 13.0 Å². The topological polar surface area (TPSA) is 29.1 Å². The van der Waals surface area contributed by atoms with Gasteiger partial charge in [-0.05, 0) is 24.6 Å². The highest BCUT2D eigenvalue weighted by Gasteiger charge is 2.27. The van der Waals surface area contributed by atoms with E-state index in [1.807, 2.05) is 0 Å². The summed E-state index contributed by atoms with van der Waals surface area (Å²) >= 11 is 0. The maximum atomic E-state index is 13.5. The number of hydrogen-bond donors (Lipinski definition) is 1. The predicted molar refractivity (Wildman–Crippen MR) is 72.9 cm³/mol. The number of benzene rings is 2. The van der Waals surface area contributed by atoms with Crippen molar-refractivity contribution in [2.45, 2.75) is 19.4 Å². The highest BCUT2D eigenvalue weighted by Crippen LogP contribution is 2.24. The smallest absolute Gasteiger partial charge is 0.225 e. The van der Waals surface area contributed by atoms with Crippen molar-refractivity contribution in [3.8, 4) is 0 Å². The Morgan fingerprint density at radius 3 is 1.92 bits per heavy atom. The van der Waals surface area contributed by atoms with Crippen molar-refractivity contribution in [3.05, 3.63) is 70.0 Å². The minimum Gasteiger partial charge on any atom is -0.349 e. The SMILES string of the molecule is CC(NC(=O)Cc1c(F)c(F)c(F)c(F)c1F)c1ccc(F)c(F)c1. The van der Waals surface area contributed by atoms with Gasteiger partial charge in [0, 0.05) is 5.56 Å². The van der Waals surface area contributed by atoms with Crippen LogP contribution in [0.5, 0.6) is 0 Å². The lowest BCUT2D eigenvalue weighted by atomic mass is 10.1. The molecule has 0 radical (unpaired) electrons. The Morgan fingerprint density at radius 1 is 0.880 bits per heavy atom. The van der Waals surface area contributed by atoms with Crippen LogP contribution in [0.15, 0.2) is 18.2 Å². The number of nitrogens with one attached hydrogen (secondary N) is 1. The van der Waals surface area contributed by atoms with Crippen LogP contribution in [0, 0.1) is 40.7 Å². The molecule has 9 heteroatoms. The number of carbonyl (C=O) groups excluding carboxylic acids is 1. The average Bonchev–Trinajstić information content (AvgIpc) is 2.57. The molecule has 1 atom stereocenters. The Bertz CT molecular complexity index is 809. The number of carbonyl (C=O) groups is 1. The number of rotatable bonds is 4. The summed E-state index contributed by atoms with van der Waals surface area (Å²) in [5.74, 6) is -14.2. The van der Waals surface area contributed by atoms with Crippen LogP contribution in [0.4, 0.5) is 30.7 Å². The van der Waals surface area contributed by atoms with Crippen LogP contribution in [0.3, 0.4) is 0 Å². The normalized spacial score (nSPS) is 12.2. The zero-order chi connectivity index (χ0) is 18.9. The van der Waals surface area contributed by atoms with Gasteiger partial charge in [0.15, 0.2) is 34.9 Å². The molecule has 25 heavy (non-hydrogen) atoms. The van der Waals surface area contributed by atoms with Crippen LogP contribution >= 0.6 is 0 Å². The van der Waals surface area contributed by atoms with E-state index in [-0.39, 0.29) is 5.56 Å². The molecule has 134 valence electrons. The van der Waals surface area contributed by atoms with Gasteiger partial charge in [-0.15, -0.1) is 0 Å². The Morgan fingerprint density at radius 2 is 1.40 bits per heavy atom. The van der Waals surface area contributed by atoms with Crippen LogP contribution in [0.25, 0.3) is 0 Å². The Hall–Kier alpha value is -2.58. The number of amides is 1. The molecule has 0 saturated heterocycles. The lowest BCUT2D eigenvalue weighted by Gasteiger charge is -2.15. The van der Waals surface area contributed by atoms with Crippen molar-refractivity contribution >= 4 is 5.91 Å². The molecule has 1 amide bonds. The maximum Gasteiger partial charge on any atom is 0.225 e. The monoisotopic (exact) mass is 365 g/mol. The van der Waals surface area contributed by atoms with Gasteiger partial charge < -0.3 is 5.32 Å². The fraction of sp³-hybridized carbons (Fsp3) is 0.188. The summed E-state index contributed by atoms with van der Waals surface area (Å²) < 4.78 is 92.2. The van der Waals surface area contributed by atoms with Gasteiger partial charge in [-0.3, -0.25) is 4.79 Å². The molecule has 0 aliphatic carbocycles. The Kier molecular flexibility index (Phi) is 5.34. The van der Waals surface area contributed by atoms with Crippen LogP contribution in [0.2, 0.25) is 0 Å². The second-order valence-corrected chi connectivity index (χ2v) is 5.19. The molecule has 2 rings (SSSR count). The van der Waals surface area contributed by atoms with Gasteiger partial charge in [-0.25, -0.2) is 30.7 Å². The van der Waals surface area contributed by atoms with Crippen molar-refractivity contribution in [3.63, 3.8) is 0 Å². The van der Waals surface area contributed by atoms with E-state index < -0.39 is 64.7 Å². The first-order valence-corrected chi connectivity index (χ1v) is 6.88. The van der Waals surface area contributed by atoms with Crippen molar-refractivity contribution in [1.82, 2.24) is 5.32 Å². The Balaban J connectivity index is 2.19. The average molecular weight is 365 g/mol. The fourth-order valence-electron chi connectivity index (χ4n) is 2.12. The zero-order valence-corrected chi connectivity index (χ0v) is 12.6. The fourth-order valence-corrected chi connectivity index (χ4v) is 2.12.